The maximum Gasteiger partial charge on any atom is 0.415 e. The highest BCUT2D eigenvalue weighted by molar-refractivity contribution is 7.99. The smallest absolute Gasteiger partial charge is 0.415 e. The standard InChI is InChI=1S/C16H19FN2O4S/c1-22-15(20)13-9-19(16(21)23-13)10-3-4-11(12(17)7-10)14-8-18-5-2-6-24-14/h3-4,7,13-14,18H,2,5-6,8-9H2,1H3/t13?,14-/m0/s1. The van der Waals surface area contributed by atoms with Crippen molar-refractivity contribution in [2.75, 3.05) is 37.4 Å². The molecule has 2 atom stereocenters. The lowest BCUT2D eigenvalue weighted by Crippen LogP contribution is -2.28. The quantitative estimate of drug-likeness (QED) is 0.839. The summed E-state index contributed by atoms with van der Waals surface area (Å²) in [4.78, 5) is 24.6. The van der Waals surface area contributed by atoms with E-state index in [0.717, 1.165) is 25.3 Å². The molecule has 130 valence electrons. The van der Waals surface area contributed by atoms with E-state index in [1.54, 1.807) is 23.9 Å². The molecule has 2 saturated heterocycles. The first-order valence-electron chi connectivity index (χ1n) is 7.78. The van der Waals surface area contributed by atoms with Crippen molar-refractivity contribution in [2.45, 2.75) is 17.8 Å². The summed E-state index contributed by atoms with van der Waals surface area (Å²) in [6.07, 6.45) is -0.593. The van der Waals surface area contributed by atoms with Crippen molar-refractivity contribution in [1.29, 1.82) is 0 Å². The molecule has 3 rings (SSSR count). The van der Waals surface area contributed by atoms with Crippen LogP contribution in [-0.4, -0.2) is 50.7 Å². The molecule has 2 fully saturated rings. The number of benzene rings is 1. The molecule has 1 aromatic carbocycles. The number of carbonyl (C=O) groups is 2. The van der Waals surface area contributed by atoms with Crippen molar-refractivity contribution in [3.8, 4) is 0 Å². The first-order valence-corrected chi connectivity index (χ1v) is 8.82. The Hall–Kier alpha value is -1.80. The molecule has 0 aliphatic carbocycles. The first kappa shape index (κ1) is 17.0. The minimum absolute atomic E-state index is 0.0179. The number of nitrogens with zero attached hydrogens (tertiary/aromatic N) is 1. The van der Waals surface area contributed by atoms with Crippen LogP contribution in [0.4, 0.5) is 14.9 Å². The SMILES string of the molecule is COC(=O)C1CN(c2ccc([C@@H]3CNCCCS3)c(F)c2)C(=O)O1. The summed E-state index contributed by atoms with van der Waals surface area (Å²) >= 11 is 1.73. The zero-order chi connectivity index (χ0) is 17.1. The number of amides is 1. The van der Waals surface area contributed by atoms with E-state index in [-0.39, 0.29) is 17.6 Å². The summed E-state index contributed by atoms with van der Waals surface area (Å²) in [5.41, 5.74) is 0.995. The highest BCUT2D eigenvalue weighted by Gasteiger charge is 2.38. The molecule has 1 unspecified atom stereocenters. The molecule has 0 spiro atoms. The molecule has 2 aliphatic heterocycles. The molecular formula is C16H19FN2O4S. The van der Waals surface area contributed by atoms with E-state index in [2.05, 4.69) is 10.1 Å². The largest absolute Gasteiger partial charge is 0.466 e. The molecule has 1 aromatic rings. The normalized spacial score (nSPS) is 24.4. The second-order valence-corrected chi connectivity index (χ2v) is 6.94. The van der Waals surface area contributed by atoms with Gasteiger partial charge in [0.25, 0.3) is 0 Å². The average molecular weight is 354 g/mol. The van der Waals surface area contributed by atoms with E-state index in [9.17, 15) is 14.0 Å². The fourth-order valence-electron chi connectivity index (χ4n) is 2.79. The number of hydrogen-bond donors (Lipinski definition) is 1. The van der Waals surface area contributed by atoms with Gasteiger partial charge in [-0.1, -0.05) is 6.07 Å². The van der Waals surface area contributed by atoms with Crippen molar-refractivity contribution in [3.05, 3.63) is 29.6 Å². The van der Waals surface area contributed by atoms with Gasteiger partial charge >= 0.3 is 12.1 Å². The zero-order valence-electron chi connectivity index (χ0n) is 13.3. The average Bonchev–Trinajstić information content (AvgIpc) is 2.79. The van der Waals surface area contributed by atoms with Crippen LogP contribution in [0.25, 0.3) is 0 Å². The van der Waals surface area contributed by atoms with Crippen LogP contribution in [-0.2, 0) is 14.3 Å². The molecule has 2 aliphatic rings. The maximum absolute atomic E-state index is 14.6. The Morgan fingerprint density at radius 3 is 3.08 bits per heavy atom. The second-order valence-electron chi connectivity index (χ2n) is 5.63. The third kappa shape index (κ3) is 3.49. The molecule has 24 heavy (non-hydrogen) atoms. The van der Waals surface area contributed by atoms with Crippen LogP contribution >= 0.6 is 11.8 Å². The molecule has 0 bridgehead atoms. The fourth-order valence-corrected chi connectivity index (χ4v) is 3.99. The van der Waals surface area contributed by atoms with Crippen molar-refractivity contribution in [2.24, 2.45) is 0 Å². The Balaban J connectivity index is 1.77. The van der Waals surface area contributed by atoms with Crippen LogP contribution in [0.15, 0.2) is 18.2 Å². The number of ether oxygens (including phenoxy) is 2. The summed E-state index contributed by atoms with van der Waals surface area (Å²) < 4.78 is 24.1. The fraction of sp³-hybridized carbons (Fsp3) is 0.500. The number of halogens is 1. The van der Waals surface area contributed by atoms with Crippen molar-refractivity contribution >= 4 is 29.5 Å². The molecule has 0 saturated carbocycles. The number of nitrogens with one attached hydrogen (secondary N) is 1. The van der Waals surface area contributed by atoms with E-state index in [4.69, 9.17) is 4.74 Å². The lowest BCUT2D eigenvalue weighted by atomic mass is 10.1. The van der Waals surface area contributed by atoms with E-state index >= 15 is 0 Å². The Kier molecular flexibility index (Phi) is 5.25. The van der Waals surface area contributed by atoms with E-state index in [1.165, 1.54) is 18.1 Å². The van der Waals surface area contributed by atoms with E-state index in [0.29, 0.717) is 11.3 Å². The van der Waals surface area contributed by atoms with Crippen molar-refractivity contribution < 1.29 is 23.5 Å². The molecule has 6 nitrogen and oxygen atoms in total. The zero-order valence-corrected chi connectivity index (χ0v) is 14.1. The van der Waals surface area contributed by atoms with Gasteiger partial charge in [0.05, 0.1) is 19.3 Å². The Morgan fingerprint density at radius 2 is 2.33 bits per heavy atom. The predicted octanol–water partition coefficient (Wildman–Crippen LogP) is 2.09. The summed E-state index contributed by atoms with van der Waals surface area (Å²) in [5, 5.41) is 3.35. The lowest BCUT2D eigenvalue weighted by molar-refractivity contribution is -0.148. The summed E-state index contributed by atoms with van der Waals surface area (Å²) in [6, 6.07) is 4.71. The van der Waals surface area contributed by atoms with Gasteiger partial charge in [-0.15, -0.1) is 0 Å². The topological polar surface area (TPSA) is 67.9 Å². The van der Waals surface area contributed by atoms with Crippen LogP contribution in [0.3, 0.4) is 0 Å². The maximum atomic E-state index is 14.6. The predicted molar refractivity (Wildman–Crippen MR) is 88.7 cm³/mol. The number of anilines is 1. The van der Waals surface area contributed by atoms with Crippen molar-refractivity contribution in [1.82, 2.24) is 5.32 Å². The minimum atomic E-state index is -0.980. The summed E-state index contributed by atoms with van der Waals surface area (Å²) in [6.45, 7) is 1.68. The summed E-state index contributed by atoms with van der Waals surface area (Å²) in [5.74, 6) is 0.00451. The second kappa shape index (κ2) is 7.40. The number of esters is 1. The highest BCUT2D eigenvalue weighted by atomic mass is 32.2. The van der Waals surface area contributed by atoms with Crippen molar-refractivity contribution in [3.63, 3.8) is 0 Å². The number of cyclic esters (lactones) is 1. The van der Waals surface area contributed by atoms with Gasteiger partial charge in [0.15, 0.2) is 0 Å². The van der Waals surface area contributed by atoms with Crippen LogP contribution in [0.5, 0.6) is 0 Å². The third-order valence-corrected chi connectivity index (χ3v) is 5.41. The minimum Gasteiger partial charge on any atom is -0.466 e. The monoisotopic (exact) mass is 354 g/mol. The molecule has 1 amide bonds. The first-order chi connectivity index (χ1) is 11.6. The van der Waals surface area contributed by atoms with Crippen LogP contribution < -0.4 is 10.2 Å². The highest BCUT2D eigenvalue weighted by Crippen LogP contribution is 2.34. The van der Waals surface area contributed by atoms with Gasteiger partial charge in [0, 0.05) is 17.4 Å². The number of methoxy groups -OCH3 is 1. The molecule has 0 radical (unpaired) electrons. The van der Waals surface area contributed by atoms with Crippen LogP contribution in [0.2, 0.25) is 0 Å². The van der Waals surface area contributed by atoms with Gasteiger partial charge in [-0.05, 0) is 30.9 Å². The van der Waals surface area contributed by atoms with Gasteiger partial charge in [-0.2, -0.15) is 11.8 Å². The Morgan fingerprint density at radius 1 is 1.50 bits per heavy atom. The molecule has 0 aromatic heterocycles. The molecule has 1 N–H and O–H groups in total. The molecular weight excluding hydrogens is 335 g/mol. The Labute approximate surface area is 143 Å². The number of thioether (sulfide) groups is 1. The lowest BCUT2D eigenvalue weighted by Gasteiger charge is -2.18. The number of rotatable bonds is 3. The van der Waals surface area contributed by atoms with Gasteiger partial charge in [0.2, 0.25) is 6.10 Å². The Bertz CT molecular complexity index is 635. The van der Waals surface area contributed by atoms with Gasteiger partial charge in [-0.25, -0.2) is 14.0 Å². The van der Waals surface area contributed by atoms with E-state index in [1.807, 2.05) is 0 Å². The van der Waals surface area contributed by atoms with Gasteiger partial charge in [0.1, 0.15) is 5.82 Å². The van der Waals surface area contributed by atoms with Gasteiger partial charge in [-0.3, -0.25) is 4.90 Å². The number of hydrogen-bond acceptors (Lipinski definition) is 6. The third-order valence-electron chi connectivity index (χ3n) is 4.07. The van der Waals surface area contributed by atoms with Crippen LogP contribution in [0.1, 0.15) is 17.2 Å². The molecule has 8 heteroatoms. The summed E-state index contributed by atoms with van der Waals surface area (Å²) in [7, 11) is 1.23. The van der Waals surface area contributed by atoms with Gasteiger partial charge < -0.3 is 14.8 Å². The number of carbonyl (C=O) groups excluding carboxylic acids is 2. The van der Waals surface area contributed by atoms with Crippen LogP contribution in [0, 0.1) is 5.82 Å². The molecule has 2 heterocycles. The van der Waals surface area contributed by atoms with E-state index < -0.39 is 18.2 Å².